The lowest BCUT2D eigenvalue weighted by Crippen LogP contribution is -2.42. The molecule has 1 aromatic carbocycles. The largest absolute Gasteiger partial charge is 0.363 e. The Morgan fingerprint density at radius 3 is 2.58 bits per heavy atom. The third kappa shape index (κ3) is 4.92. The summed E-state index contributed by atoms with van der Waals surface area (Å²) in [5, 5.41) is 6.31. The van der Waals surface area contributed by atoms with E-state index < -0.39 is 0 Å². The summed E-state index contributed by atoms with van der Waals surface area (Å²) in [5.74, 6) is -0.0856. The molecule has 2 aromatic rings. The quantitative estimate of drug-likeness (QED) is 0.822. The first kappa shape index (κ1) is 18.1. The van der Waals surface area contributed by atoms with Crippen molar-refractivity contribution < 1.29 is 14.1 Å². The number of benzene rings is 1. The Labute approximate surface area is 152 Å². The number of aryl methyl sites for hydroxylation is 1. The maximum atomic E-state index is 12.9. The van der Waals surface area contributed by atoms with Gasteiger partial charge < -0.3 is 19.6 Å². The number of aromatic nitrogens is 1. The lowest BCUT2D eigenvalue weighted by atomic mass is 10.1. The van der Waals surface area contributed by atoms with Crippen LogP contribution in [0.1, 0.15) is 28.8 Å². The van der Waals surface area contributed by atoms with Gasteiger partial charge in [-0.25, -0.2) is 0 Å². The molecule has 1 aliphatic heterocycles. The zero-order valence-electron chi connectivity index (χ0n) is 15.0. The van der Waals surface area contributed by atoms with Crippen molar-refractivity contribution in [2.75, 3.05) is 38.0 Å². The average molecular weight is 356 g/mol. The van der Waals surface area contributed by atoms with Crippen molar-refractivity contribution in [3.63, 3.8) is 0 Å². The van der Waals surface area contributed by atoms with Crippen molar-refractivity contribution in [1.29, 1.82) is 0 Å². The molecule has 0 radical (unpaired) electrons. The van der Waals surface area contributed by atoms with Gasteiger partial charge in [0, 0.05) is 24.7 Å². The first-order valence-electron chi connectivity index (χ1n) is 8.90. The van der Waals surface area contributed by atoms with Crippen LogP contribution in [0.2, 0.25) is 0 Å². The Kier molecular flexibility index (Phi) is 6.01. The molecule has 2 heterocycles. The minimum atomic E-state index is -0.291. The van der Waals surface area contributed by atoms with E-state index in [0.29, 0.717) is 17.9 Å². The van der Waals surface area contributed by atoms with Gasteiger partial charge in [0.15, 0.2) is 5.82 Å². The van der Waals surface area contributed by atoms with Crippen molar-refractivity contribution in [3.8, 4) is 0 Å². The zero-order chi connectivity index (χ0) is 18.4. The maximum absolute atomic E-state index is 12.9. The van der Waals surface area contributed by atoms with Gasteiger partial charge in [0.25, 0.3) is 5.91 Å². The number of rotatable bonds is 7. The fourth-order valence-corrected chi connectivity index (χ4v) is 3.03. The summed E-state index contributed by atoms with van der Waals surface area (Å²) in [6.45, 7) is 5.35. The van der Waals surface area contributed by atoms with E-state index in [1.165, 1.54) is 19.1 Å². The first-order chi connectivity index (χ1) is 12.6. The van der Waals surface area contributed by atoms with Crippen LogP contribution in [-0.4, -0.2) is 59.5 Å². The average Bonchev–Trinajstić information content (AvgIpc) is 3.32. The molecule has 1 saturated heterocycles. The predicted octanol–water partition coefficient (Wildman–Crippen LogP) is 2.16. The number of anilines is 1. The molecule has 0 aliphatic carbocycles. The number of carbonyl (C=O) groups is 2. The van der Waals surface area contributed by atoms with Crippen LogP contribution in [-0.2, 0) is 4.79 Å². The highest BCUT2D eigenvalue weighted by molar-refractivity contribution is 5.99. The highest BCUT2D eigenvalue weighted by atomic mass is 16.5. The summed E-state index contributed by atoms with van der Waals surface area (Å²) < 4.78 is 4.71. The van der Waals surface area contributed by atoms with Crippen molar-refractivity contribution >= 4 is 17.6 Å². The van der Waals surface area contributed by atoms with E-state index in [2.05, 4.69) is 15.4 Å². The summed E-state index contributed by atoms with van der Waals surface area (Å²) >= 11 is 0. The Morgan fingerprint density at radius 2 is 1.92 bits per heavy atom. The molecule has 0 atom stereocenters. The molecule has 0 spiro atoms. The minimum Gasteiger partial charge on any atom is -0.363 e. The van der Waals surface area contributed by atoms with Crippen LogP contribution in [0.15, 0.2) is 41.1 Å². The van der Waals surface area contributed by atoms with Gasteiger partial charge in [-0.3, -0.25) is 9.59 Å². The van der Waals surface area contributed by atoms with Gasteiger partial charge in [-0.1, -0.05) is 22.9 Å². The lowest BCUT2D eigenvalue weighted by molar-refractivity contribution is -0.117. The lowest BCUT2D eigenvalue weighted by Gasteiger charge is -2.25. The maximum Gasteiger partial charge on any atom is 0.254 e. The van der Waals surface area contributed by atoms with Crippen LogP contribution >= 0.6 is 0 Å². The molecule has 1 aromatic heterocycles. The predicted molar refractivity (Wildman–Crippen MR) is 97.9 cm³/mol. The highest BCUT2D eigenvalue weighted by Gasteiger charge is 2.21. The van der Waals surface area contributed by atoms with E-state index in [4.69, 9.17) is 4.52 Å². The Bertz CT molecular complexity index is 722. The minimum absolute atomic E-state index is 0.0204. The molecule has 3 rings (SSSR count). The zero-order valence-corrected chi connectivity index (χ0v) is 15.0. The molecule has 1 fully saturated rings. The van der Waals surface area contributed by atoms with Gasteiger partial charge in [0.05, 0.1) is 0 Å². The molecule has 0 bridgehead atoms. The second-order valence-electron chi connectivity index (χ2n) is 6.57. The Balaban J connectivity index is 1.66. The fourth-order valence-electron chi connectivity index (χ4n) is 3.03. The molecule has 7 nitrogen and oxygen atoms in total. The van der Waals surface area contributed by atoms with E-state index in [9.17, 15) is 9.59 Å². The molecule has 0 saturated carbocycles. The summed E-state index contributed by atoms with van der Waals surface area (Å²) in [4.78, 5) is 29.1. The number of amides is 2. The van der Waals surface area contributed by atoms with Gasteiger partial charge >= 0.3 is 0 Å². The third-order valence-corrected chi connectivity index (χ3v) is 4.51. The molecule has 1 N–H and O–H groups in total. The number of nitrogens with zero attached hydrogens (tertiary/aromatic N) is 3. The molecule has 138 valence electrons. The SMILES string of the molecule is Cc1ccc(C(=O)N(CCN2CCCC2)CC(=O)Nc2ccon2)cc1. The van der Waals surface area contributed by atoms with Crippen LogP contribution in [0.3, 0.4) is 0 Å². The standard InChI is InChI=1S/C19H24N4O3/c1-15-4-6-16(7-5-15)19(25)23(12-11-22-9-2-3-10-22)14-18(24)20-17-8-13-26-21-17/h4-8,13H,2-3,9-12,14H2,1H3,(H,20,21,24). The van der Waals surface area contributed by atoms with Gasteiger partial charge in [0.2, 0.25) is 5.91 Å². The van der Waals surface area contributed by atoms with E-state index in [1.54, 1.807) is 23.1 Å². The summed E-state index contributed by atoms with van der Waals surface area (Å²) in [6, 6.07) is 8.98. The second kappa shape index (κ2) is 8.62. The second-order valence-corrected chi connectivity index (χ2v) is 6.57. The van der Waals surface area contributed by atoms with Gasteiger partial charge in [0.1, 0.15) is 12.8 Å². The van der Waals surface area contributed by atoms with E-state index in [-0.39, 0.29) is 18.4 Å². The summed E-state index contributed by atoms with van der Waals surface area (Å²) in [5.41, 5.74) is 1.68. The van der Waals surface area contributed by atoms with Crippen LogP contribution in [0, 0.1) is 6.92 Å². The monoisotopic (exact) mass is 356 g/mol. The van der Waals surface area contributed by atoms with Crippen LogP contribution in [0.5, 0.6) is 0 Å². The number of hydrogen-bond donors (Lipinski definition) is 1. The van der Waals surface area contributed by atoms with Gasteiger partial charge in [-0.05, 0) is 45.0 Å². The molecular weight excluding hydrogens is 332 g/mol. The van der Waals surface area contributed by atoms with Crippen molar-refractivity contribution in [3.05, 3.63) is 47.7 Å². The van der Waals surface area contributed by atoms with Gasteiger partial charge in [-0.15, -0.1) is 0 Å². The number of carbonyl (C=O) groups excluding carboxylic acids is 2. The Morgan fingerprint density at radius 1 is 1.19 bits per heavy atom. The van der Waals surface area contributed by atoms with Crippen LogP contribution < -0.4 is 5.32 Å². The van der Waals surface area contributed by atoms with Gasteiger partial charge in [-0.2, -0.15) is 0 Å². The van der Waals surface area contributed by atoms with E-state index in [0.717, 1.165) is 25.2 Å². The first-order valence-corrected chi connectivity index (χ1v) is 8.90. The topological polar surface area (TPSA) is 78.7 Å². The fraction of sp³-hybridized carbons (Fsp3) is 0.421. The van der Waals surface area contributed by atoms with Crippen LogP contribution in [0.25, 0.3) is 0 Å². The number of nitrogens with one attached hydrogen (secondary N) is 1. The Hall–Kier alpha value is -2.67. The molecule has 0 unspecified atom stereocenters. The normalized spacial score (nSPS) is 14.3. The summed E-state index contributed by atoms with van der Waals surface area (Å²) in [6.07, 6.45) is 3.77. The van der Waals surface area contributed by atoms with Crippen molar-refractivity contribution in [1.82, 2.24) is 15.0 Å². The van der Waals surface area contributed by atoms with Crippen molar-refractivity contribution in [2.24, 2.45) is 0 Å². The molecule has 7 heteroatoms. The van der Waals surface area contributed by atoms with Crippen molar-refractivity contribution in [2.45, 2.75) is 19.8 Å². The molecular formula is C19H24N4O3. The smallest absolute Gasteiger partial charge is 0.254 e. The molecule has 26 heavy (non-hydrogen) atoms. The highest BCUT2D eigenvalue weighted by Crippen LogP contribution is 2.11. The number of hydrogen-bond acceptors (Lipinski definition) is 5. The van der Waals surface area contributed by atoms with E-state index >= 15 is 0 Å². The van der Waals surface area contributed by atoms with Crippen LogP contribution in [0.4, 0.5) is 5.82 Å². The summed E-state index contributed by atoms with van der Waals surface area (Å²) in [7, 11) is 0. The molecule has 1 aliphatic rings. The third-order valence-electron chi connectivity index (χ3n) is 4.51. The number of likely N-dealkylation sites (tertiary alicyclic amines) is 1. The molecule has 2 amide bonds. The van der Waals surface area contributed by atoms with E-state index in [1.807, 2.05) is 19.1 Å².